The molecule has 0 saturated carbocycles. The SMILES string of the molecule is CCNC(=O)N1CCC(N(CC(C)C)N2CCN(C(=O)C(Cc3ccc(Cl)cc3)NC(=O)C(C)(C)N)CC2)CC1. The summed E-state index contributed by atoms with van der Waals surface area (Å²) >= 11 is 6.05. The van der Waals surface area contributed by atoms with Gasteiger partial charge in [-0.25, -0.2) is 14.8 Å². The Balaban J connectivity index is 1.65. The Bertz CT molecular complexity index is 982. The monoisotopic (exact) mass is 577 g/mol. The van der Waals surface area contributed by atoms with Crippen molar-refractivity contribution in [2.75, 3.05) is 52.4 Å². The lowest BCUT2D eigenvalue weighted by Crippen LogP contribution is -2.62. The molecule has 40 heavy (non-hydrogen) atoms. The highest BCUT2D eigenvalue weighted by Crippen LogP contribution is 2.22. The molecule has 0 bridgehead atoms. The summed E-state index contributed by atoms with van der Waals surface area (Å²) in [5.41, 5.74) is 5.85. The van der Waals surface area contributed by atoms with E-state index in [1.54, 1.807) is 26.0 Å². The van der Waals surface area contributed by atoms with E-state index in [-0.39, 0.29) is 17.8 Å². The van der Waals surface area contributed by atoms with Crippen LogP contribution in [0.5, 0.6) is 0 Å². The van der Waals surface area contributed by atoms with E-state index in [4.69, 9.17) is 17.3 Å². The first-order chi connectivity index (χ1) is 18.9. The maximum Gasteiger partial charge on any atom is 0.317 e. The number of nitrogens with two attached hydrogens (primary N) is 1. The lowest BCUT2D eigenvalue weighted by atomic mass is 10.0. The van der Waals surface area contributed by atoms with Crippen LogP contribution in [0.2, 0.25) is 5.02 Å². The van der Waals surface area contributed by atoms with Crippen molar-refractivity contribution in [1.82, 2.24) is 30.5 Å². The molecule has 2 aliphatic rings. The molecule has 1 aromatic rings. The summed E-state index contributed by atoms with van der Waals surface area (Å²) < 4.78 is 0. The highest BCUT2D eigenvalue weighted by atomic mass is 35.5. The van der Waals surface area contributed by atoms with Gasteiger partial charge in [0.25, 0.3) is 0 Å². The topological polar surface area (TPSA) is 114 Å². The van der Waals surface area contributed by atoms with E-state index in [1.165, 1.54) is 0 Å². The maximum atomic E-state index is 13.7. The number of nitrogens with zero attached hydrogens (tertiary/aromatic N) is 4. The fourth-order valence-corrected chi connectivity index (χ4v) is 5.42. The number of benzene rings is 1. The van der Waals surface area contributed by atoms with Crippen molar-refractivity contribution in [3.05, 3.63) is 34.9 Å². The second kappa shape index (κ2) is 14.5. The molecule has 0 aromatic heterocycles. The summed E-state index contributed by atoms with van der Waals surface area (Å²) in [4.78, 5) is 42.5. The third kappa shape index (κ3) is 9.06. The van der Waals surface area contributed by atoms with E-state index in [9.17, 15) is 14.4 Å². The number of rotatable bonds is 10. The molecule has 224 valence electrons. The molecule has 1 aromatic carbocycles. The van der Waals surface area contributed by atoms with Crippen LogP contribution in [0.4, 0.5) is 4.79 Å². The molecular formula is C29H48ClN7O3. The summed E-state index contributed by atoms with van der Waals surface area (Å²) in [5.74, 6) is 0.0260. The largest absolute Gasteiger partial charge is 0.342 e. The first-order valence-corrected chi connectivity index (χ1v) is 14.9. The van der Waals surface area contributed by atoms with Gasteiger partial charge in [-0.3, -0.25) is 9.59 Å². The fourth-order valence-electron chi connectivity index (χ4n) is 5.29. The Labute approximate surface area is 244 Å². The number of hydrogen-bond donors (Lipinski definition) is 3. The molecule has 0 aliphatic carbocycles. The molecule has 1 unspecified atom stereocenters. The van der Waals surface area contributed by atoms with E-state index < -0.39 is 11.6 Å². The predicted molar refractivity (Wildman–Crippen MR) is 159 cm³/mol. The Kier molecular flexibility index (Phi) is 11.6. The highest BCUT2D eigenvalue weighted by Gasteiger charge is 2.35. The van der Waals surface area contributed by atoms with Crippen LogP contribution in [-0.4, -0.2) is 108 Å². The van der Waals surface area contributed by atoms with Crippen molar-refractivity contribution in [1.29, 1.82) is 0 Å². The number of urea groups is 1. The number of hydrazine groups is 1. The van der Waals surface area contributed by atoms with Crippen LogP contribution in [-0.2, 0) is 16.0 Å². The first-order valence-electron chi connectivity index (χ1n) is 14.6. The summed E-state index contributed by atoms with van der Waals surface area (Å²) in [7, 11) is 0. The number of halogens is 1. The van der Waals surface area contributed by atoms with Crippen LogP contribution >= 0.6 is 11.6 Å². The van der Waals surface area contributed by atoms with Crippen LogP contribution in [0.1, 0.15) is 53.0 Å². The summed E-state index contributed by atoms with van der Waals surface area (Å²) in [6.07, 6.45) is 2.21. The average molecular weight is 578 g/mol. The summed E-state index contributed by atoms with van der Waals surface area (Å²) in [6.45, 7) is 15.3. The zero-order valence-corrected chi connectivity index (χ0v) is 25.5. The molecule has 2 fully saturated rings. The number of carbonyl (C=O) groups excluding carboxylic acids is 3. The number of piperidine rings is 1. The second-order valence-corrected chi connectivity index (χ2v) is 12.4. The molecule has 4 amide bonds. The van der Waals surface area contributed by atoms with Gasteiger partial charge in [-0.1, -0.05) is 37.6 Å². The van der Waals surface area contributed by atoms with Gasteiger partial charge in [0.1, 0.15) is 6.04 Å². The second-order valence-electron chi connectivity index (χ2n) is 11.9. The van der Waals surface area contributed by atoms with E-state index in [0.29, 0.717) is 43.0 Å². The van der Waals surface area contributed by atoms with E-state index in [2.05, 4.69) is 34.5 Å². The molecule has 11 heteroatoms. The fraction of sp³-hybridized carbons (Fsp3) is 0.690. The van der Waals surface area contributed by atoms with Crippen molar-refractivity contribution in [2.24, 2.45) is 11.7 Å². The average Bonchev–Trinajstić information content (AvgIpc) is 2.92. The zero-order chi connectivity index (χ0) is 29.4. The van der Waals surface area contributed by atoms with Crippen molar-refractivity contribution >= 4 is 29.4 Å². The van der Waals surface area contributed by atoms with E-state index in [1.807, 2.05) is 28.9 Å². The van der Waals surface area contributed by atoms with Crippen LogP contribution < -0.4 is 16.4 Å². The summed E-state index contributed by atoms with van der Waals surface area (Å²) in [5, 5.41) is 11.3. The third-order valence-electron chi connectivity index (χ3n) is 7.53. The van der Waals surface area contributed by atoms with Crippen LogP contribution in [0, 0.1) is 5.92 Å². The number of likely N-dealkylation sites (tertiary alicyclic amines) is 1. The van der Waals surface area contributed by atoms with Crippen molar-refractivity contribution < 1.29 is 14.4 Å². The molecule has 4 N–H and O–H groups in total. The predicted octanol–water partition coefficient (Wildman–Crippen LogP) is 2.32. The lowest BCUT2D eigenvalue weighted by molar-refractivity contribution is -0.145. The van der Waals surface area contributed by atoms with Gasteiger partial charge in [0.05, 0.1) is 5.54 Å². The summed E-state index contributed by atoms with van der Waals surface area (Å²) in [6, 6.07) is 6.99. The Morgan fingerprint density at radius 2 is 1.62 bits per heavy atom. The number of amides is 4. The number of hydrogen-bond acceptors (Lipinski definition) is 6. The van der Waals surface area contributed by atoms with E-state index in [0.717, 1.165) is 51.1 Å². The highest BCUT2D eigenvalue weighted by molar-refractivity contribution is 6.30. The molecule has 2 saturated heterocycles. The lowest BCUT2D eigenvalue weighted by Gasteiger charge is -2.47. The van der Waals surface area contributed by atoms with E-state index >= 15 is 0 Å². The Morgan fingerprint density at radius 3 is 2.15 bits per heavy atom. The van der Waals surface area contributed by atoms with Gasteiger partial charge in [0.15, 0.2) is 0 Å². The standard InChI is InChI=1S/C29H48ClN7O3/c1-6-32-28(40)35-13-11-24(12-14-35)37(20-21(2)3)36-17-15-34(16-18-36)26(38)25(33-27(39)29(4,5)31)19-22-7-9-23(30)10-8-22/h7-10,21,24-25H,6,11-20,31H2,1-5H3,(H,32,40)(H,33,39). The number of nitrogens with one attached hydrogen (secondary N) is 2. The molecule has 1 atom stereocenters. The van der Waals surface area contributed by atoms with Crippen LogP contribution in [0.3, 0.4) is 0 Å². The molecule has 3 rings (SSSR count). The van der Waals surface area contributed by atoms with Crippen molar-refractivity contribution in [3.8, 4) is 0 Å². The van der Waals surface area contributed by atoms with Crippen molar-refractivity contribution in [2.45, 2.75) is 71.5 Å². The maximum absolute atomic E-state index is 13.7. The van der Waals surface area contributed by atoms with Gasteiger partial charge < -0.3 is 26.2 Å². The minimum Gasteiger partial charge on any atom is -0.342 e. The van der Waals surface area contributed by atoms with Crippen LogP contribution in [0.15, 0.2) is 24.3 Å². The molecule has 10 nitrogen and oxygen atoms in total. The van der Waals surface area contributed by atoms with Gasteiger partial charge in [-0.2, -0.15) is 0 Å². The molecule has 2 aliphatic heterocycles. The number of piperazine rings is 1. The molecular weight excluding hydrogens is 530 g/mol. The normalized spacial score (nSPS) is 18.2. The first kappa shape index (κ1) is 32.1. The minimum absolute atomic E-state index is 0.0155. The van der Waals surface area contributed by atoms with Gasteiger partial charge in [-0.05, 0) is 57.2 Å². The van der Waals surface area contributed by atoms with Gasteiger partial charge in [0, 0.05) is 69.8 Å². The Morgan fingerprint density at radius 1 is 1.02 bits per heavy atom. The van der Waals surface area contributed by atoms with Gasteiger partial charge in [0.2, 0.25) is 11.8 Å². The Hall–Kier alpha value is -2.40. The van der Waals surface area contributed by atoms with Gasteiger partial charge >= 0.3 is 6.03 Å². The zero-order valence-electron chi connectivity index (χ0n) is 24.8. The van der Waals surface area contributed by atoms with Crippen LogP contribution in [0.25, 0.3) is 0 Å². The minimum atomic E-state index is -1.10. The third-order valence-corrected chi connectivity index (χ3v) is 7.78. The quantitative estimate of drug-likeness (QED) is 0.393. The smallest absolute Gasteiger partial charge is 0.317 e. The number of carbonyl (C=O) groups is 3. The molecule has 0 radical (unpaired) electrons. The van der Waals surface area contributed by atoms with Crippen molar-refractivity contribution in [3.63, 3.8) is 0 Å². The van der Waals surface area contributed by atoms with Gasteiger partial charge in [-0.15, -0.1) is 0 Å². The molecule has 0 spiro atoms. The molecule has 2 heterocycles.